The van der Waals surface area contributed by atoms with Crippen molar-refractivity contribution in [2.24, 2.45) is 0 Å². The first-order chi connectivity index (χ1) is 15.1. The summed E-state index contributed by atoms with van der Waals surface area (Å²) in [5.74, 6) is 0.828. The van der Waals surface area contributed by atoms with Crippen LogP contribution in [0.25, 0.3) is 10.8 Å². The van der Waals surface area contributed by atoms with E-state index in [1.165, 1.54) is 0 Å². The highest BCUT2D eigenvalue weighted by molar-refractivity contribution is 6.02. The molecule has 5 heteroatoms. The van der Waals surface area contributed by atoms with Crippen molar-refractivity contribution in [3.63, 3.8) is 0 Å². The minimum absolute atomic E-state index is 0.0260. The number of anilines is 1. The van der Waals surface area contributed by atoms with E-state index in [-0.39, 0.29) is 24.3 Å². The lowest BCUT2D eigenvalue weighted by Crippen LogP contribution is -2.46. The van der Waals surface area contributed by atoms with Crippen LogP contribution in [-0.2, 0) is 4.74 Å². The van der Waals surface area contributed by atoms with Gasteiger partial charge in [-0.1, -0.05) is 42.5 Å². The Morgan fingerprint density at radius 1 is 1.10 bits per heavy atom. The Labute approximate surface area is 183 Å². The minimum Gasteiger partial charge on any atom is -0.491 e. The number of para-hydroxylation sites is 1. The fourth-order valence-electron chi connectivity index (χ4n) is 4.63. The van der Waals surface area contributed by atoms with E-state index in [1.807, 2.05) is 61.2 Å². The molecule has 1 N–H and O–H groups in total. The van der Waals surface area contributed by atoms with Crippen molar-refractivity contribution in [3.8, 4) is 5.75 Å². The number of rotatable bonds is 5. The van der Waals surface area contributed by atoms with Gasteiger partial charge in [0, 0.05) is 24.4 Å². The molecule has 5 rings (SSSR count). The lowest BCUT2D eigenvalue weighted by molar-refractivity contribution is 0.0424. The van der Waals surface area contributed by atoms with Gasteiger partial charge >= 0.3 is 0 Å². The average Bonchev–Trinajstić information content (AvgIpc) is 3.29. The average molecular weight is 417 g/mol. The van der Waals surface area contributed by atoms with E-state index < -0.39 is 0 Å². The predicted octanol–water partition coefficient (Wildman–Crippen LogP) is 5.37. The number of nitrogens with zero attached hydrogens (tertiary/aromatic N) is 1. The lowest BCUT2D eigenvalue weighted by atomic mass is 9.97. The molecule has 2 unspecified atom stereocenters. The first-order valence-corrected chi connectivity index (χ1v) is 11.1. The molecule has 0 bridgehead atoms. The fourth-order valence-corrected chi connectivity index (χ4v) is 4.63. The number of nitrogens with one attached hydrogen (secondary N) is 1. The molecule has 1 amide bonds. The number of fused-ring (bicyclic) bond motifs is 2. The Balaban J connectivity index is 1.67. The van der Waals surface area contributed by atoms with Crippen LogP contribution >= 0.6 is 0 Å². The number of ether oxygens (including phenoxy) is 2. The van der Waals surface area contributed by atoms with Crippen molar-refractivity contribution in [2.45, 2.75) is 45.1 Å². The predicted molar refractivity (Wildman–Crippen MR) is 123 cm³/mol. The van der Waals surface area contributed by atoms with Crippen LogP contribution in [-0.4, -0.2) is 36.2 Å². The first-order valence-electron chi connectivity index (χ1n) is 11.1. The Kier molecular flexibility index (Phi) is 5.28. The highest BCUT2D eigenvalue weighted by Gasteiger charge is 2.37. The van der Waals surface area contributed by atoms with Crippen LogP contribution in [0, 0.1) is 0 Å². The highest BCUT2D eigenvalue weighted by Crippen LogP contribution is 2.41. The number of hydrogen-bond donors (Lipinski definition) is 1. The molecule has 1 saturated heterocycles. The SMILES string of the molecule is CC(C)Oc1ccc2ccccc2c1C1Nc2ccccc2C(=O)N1CC1CCCO1. The second-order valence-corrected chi connectivity index (χ2v) is 8.55. The molecule has 31 heavy (non-hydrogen) atoms. The van der Waals surface area contributed by atoms with Gasteiger partial charge in [0.15, 0.2) is 0 Å². The molecule has 1 fully saturated rings. The quantitative estimate of drug-likeness (QED) is 0.607. The Morgan fingerprint density at radius 2 is 1.90 bits per heavy atom. The molecule has 0 radical (unpaired) electrons. The van der Waals surface area contributed by atoms with Crippen LogP contribution in [0.1, 0.15) is 48.8 Å². The van der Waals surface area contributed by atoms with Crippen LogP contribution in [0.2, 0.25) is 0 Å². The van der Waals surface area contributed by atoms with Crippen molar-refractivity contribution in [2.75, 3.05) is 18.5 Å². The molecule has 2 aliphatic heterocycles. The van der Waals surface area contributed by atoms with Gasteiger partial charge in [0.05, 0.1) is 17.8 Å². The number of benzene rings is 3. The molecule has 0 aromatic heterocycles. The molecule has 0 spiro atoms. The zero-order valence-electron chi connectivity index (χ0n) is 18.0. The van der Waals surface area contributed by atoms with Crippen LogP contribution in [0.15, 0.2) is 60.7 Å². The summed E-state index contributed by atoms with van der Waals surface area (Å²) in [5.41, 5.74) is 2.54. The highest BCUT2D eigenvalue weighted by atomic mass is 16.5. The molecule has 0 saturated carbocycles. The Hall–Kier alpha value is -3.05. The summed E-state index contributed by atoms with van der Waals surface area (Å²) in [6.45, 7) is 5.36. The van der Waals surface area contributed by atoms with Crippen molar-refractivity contribution >= 4 is 22.4 Å². The zero-order valence-corrected chi connectivity index (χ0v) is 18.0. The fraction of sp³-hybridized carbons (Fsp3) is 0.346. The summed E-state index contributed by atoms with van der Waals surface area (Å²) >= 11 is 0. The van der Waals surface area contributed by atoms with Crippen molar-refractivity contribution < 1.29 is 14.3 Å². The summed E-state index contributed by atoms with van der Waals surface area (Å²) in [4.78, 5) is 15.6. The van der Waals surface area contributed by atoms with E-state index >= 15 is 0 Å². The zero-order chi connectivity index (χ0) is 21.4. The molecule has 0 aliphatic carbocycles. The Bertz CT molecular complexity index is 1100. The van der Waals surface area contributed by atoms with Gasteiger partial charge in [0.1, 0.15) is 11.9 Å². The monoisotopic (exact) mass is 416 g/mol. The number of carbonyl (C=O) groups excluding carboxylic acids is 1. The maximum absolute atomic E-state index is 13.6. The standard InChI is InChI=1S/C26H28N2O3/c1-17(2)31-23-14-13-18-8-3-4-10-20(18)24(23)25-27-22-12-6-5-11-21(22)26(29)28(25)16-19-9-7-15-30-19/h3-6,8,10-14,17,19,25,27H,7,9,15-16H2,1-2H3. The first kappa shape index (κ1) is 19.9. The number of hydrogen-bond acceptors (Lipinski definition) is 4. The molecule has 3 aromatic carbocycles. The van der Waals surface area contributed by atoms with Gasteiger partial charge in [-0.25, -0.2) is 0 Å². The number of amides is 1. The second-order valence-electron chi connectivity index (χ2n) is 8.55. The molecular formula is C26H28N2O3. The van der Waals surface area contributed by atoms with Crippen molar-refractivity contribution in [1.29, 1.82) is 0 Å². The molecular weight excluding hydrogens is 388 g/mol. The van der Waals surface area contributed by atoms with E-state index in [0.29, 0.717) is 12.1 Å². The third kappa shape index (κ3) is 3.74. The van der Waals surface area contributed by atoms with Gasteiger partial charge in [0.2, 0.25) is 0 Å². The minimum atomic E-state index is -0.341. The summed E-state index contributed by atoms with van der Waals surface area (Å²) in [7, 11) is 0. The summed E-state index contributed by atoms with van der Waals surface area (Å²) in [6.07, 6.45) is 1.76. The van der Waals surface area contributed by atoms with E-state index in [9.17, 15) is 4.79 Å². The number of carbonyl (C=O) groups is 1. The smallest absolute Gasteiger partial charge is 0.257 e. The summed E-state index contributed by atoms with van der Waals surface area (Å²) in [5, 5.41) is 5.85. The van der Waals surface area contributed by atoms with Crippen LogP contribution in [0.3, 0.4) is 0 Å². The molecule has 5 nitrogen and oxygen atoms in total. The maximum Gasteiger partial charge on any atom is 0.257 e. The molecule has 2 aliphatic rings. The lowest BCUT2D eigenvalue weighted by Gasteiger charge is -2.40. The second kappa shape index (κ2) is 8.23. The molecule has 160 valence electrons. The van der Waals surface area contributed by atoms with Gasteiger partial charge in [-0.15, -0.1) is 0 Å². The van der Waals surface area contributed by atoms with Crippen LogP contribution < -0.4 is 10.1 Å². The normalized spacial score (nSPS) is 20.7. The molecule has 3 aromatic rings. The van der Waals surface area contributed by atoms with E-state index in [1.54, 1.807) is 0 Å². The van der Waals surface area contributed by atoms with E-state index in [0.717, 1.165) is 47.2 Å². The van der Waals surface area contributed by atoms with Gasteiger partial charge in [-0.2, -0.15) is 0 Å². The van der Waals surface area contributed by atoms with E-state index in [2.05, 4.69) is 23.5 Å². The molecule has 2 heterocycles. The van der Waals surface area contributed by atoms with Gasteiger partial charge in [-0.3, -0.25) is 4.79 Å². The summed E-state index contributed by atoms with van der Waals surface area (Å²) < 4.78 is 12.1. The van der Waals surface area contributed by atoms with Gasteiger partial charge in [0.25, 0.3) is 5.91 Å². The van der Waals surface area contributed by atoms with Crippen molar-refractivity contribution in [3.05, 3.63) is 71.8 Å². The third-order valence-corrected chi connectivity index (χ3v) is 6.01. The largest absolute Gasteiger partial charge is 0.491 e. The van der Waals surface area contributed by atoms with Gasteiger partial charge in [-0.05, 0) is 55.7 Å². The van der Waals surface area contributed by atoms with Crippen molar-refractivity contribution in [1.82, 2.24) is 4.90 Å². The topological polar surface area (TPSA) is 50.8 Å². The van der Waals surface area contributed by atoms with Crippen LogP contribution in [0.5, 0.6) is 5.75 Å². The third-order valence-electron chi connectivity index (χ3n) is 6.01. The van der Waals surface area contributed by atoms with Crippen LogP contribution in [0.4, 0.5) is 5.69 Å². The maximum atomic E-state index is 13.6. The Morgan fingerprint density at radius 3 is 2.71 bits per heavy atom. The molecule has 2 atom stereocenters. The summed E-state index contributed by atoms with van der Waals surface area (Å²) in [6, 6.07) is 20.1. The van der Waals surface area contributed by atoms with Gasteiger partial charge < -0.3 is 19.7 Å². The van der Waals surface area contributed by atoms with E-state index in [4.69, 9.17) is 9.47 Å².